The molecule has 13 heavy (non-hydrogen) atoms. The fourth-order valence-corrected chi connectivity index (χ4v) is 0.922. The molecular weight excluding hydrogens is 170 g/mol. The second-order valence-electron chi connectivity index (χ2n) is 3.48. The van der Waals surface area contributed by atoms with Crippen molar-refractivity contribution < 1.29 is 9.90 Å². The van der Waals surface area contributed by atoms with Crippen LogP contribution in [-0.2, 0) is 4.79 Å². The van der Waals surface area contributed by atoms with Crippen LogP contribution in [0.5, 0.6) is 0 Å². The average Bonchev–Trinajstić information content (AvgIpc) is 2.54. The number of rotatable bonds is 3. The number of nitrogens with zero attached hydrogens (tertiary/aromatic N) is 1. The summed E-state index contributed by atoms with van der Waals surface area (Å²) in [7, 11) is 0. The number of carbonyl (C=O) groups is 1. The molecule has 0 fully saturated rings. The molecule has 0 spiro atoms. The standard InChI is InChI=1S/C8H13N3O2/c1-8(2,7(12)13)5(9)6-10-3-4-11-6/h3-5H,9H2,1-2H3,(H,10,11)(H,12,13)/t5-/m1/s1. The second kappa shape index (κ2) is 3.18. The minimum atomic E-state index is -1.02. The van der Waals surface area contributed by atoms with E-state index in [1.165, 1.54) is 0 Å². The molecule has 0 aliphatic heterocycles. The number of nitrogens with one attached hydrogen (secondary N) is 1. The second-order valence-corrected chi connectivity index (χ2v) is 3.48. The Hall–Kier alpha value is -1.36. The molecule has 5 nitrogen and oxygen atoms in total. The lowest BCUT2D eigenvalue weighted by Crippen LogP contribution is -2.37. The van der Waals surface area contributed by atoms with Crippen molar-refractivity contribution in [1.82, 2.24) is 9.97 Å². The molecule has 4 N–H and O–H groups in total. The van der Waals surface area contributed by atoms with Gasteiger partial charge in [-0.1, -0.05) is 0 Å². The van der Waals surface area contributed by atoms with Gasteiger partial charge in [0.1, 0.15) is 5.82 Å². The van der Waals surface area contributed by atoms with Gasteiger partial charge in [0.05, 0.1) is 11.5 Å². The van der Waals surface area contributed by atoms with Crippen LogP contribution in [0.25, 0.3) is 0 Å². The fraction of sp³-hybridized carbons (Fsp3) is 0.500. The van der Waals surface area contributed by atoms with Gasteiger partial charge in [0.25, 0.3) is 0 Å². The van der Waals surface area contributed by atoms with Crippen LogP contribution in [0.1, 0.15) is 25.7 Å². The van der Waals surface area contributed by atoms with Gasteiger partial charge in [-0.25, -0.2) is 4.98 Å². The van der Waals surface area contributed by atoms with Gasteiger partial charge in [-0.05, 0) is 13.8 Å². The zero-order valence-electron chi connectivity index (χ0n) is 7.61. The predicted octanol–water partition coefficient (Wildman–Crippen LogP) is 0.520. The van der Waals surface area contributed by atoms with Gasteiger partial charge >= 0.3 is 5.97 Å². The molecular formula is C8H13N3O2. The molecule has 0 aliphatic carbocycles. The van der Waals surface area contributed by atoms with E-state index in [1.54, 1.807) is 26.2 Å². The van der Waals surface area contributed by atoms with Gasteiger partial charge in [-0.2, -0.15) is 0 Å². The molecule has 1 rings (SSSR count). The van der Waals surface area contributed by atoms with Crippen LogP contribution in [0.3, 0.4) is 0 Å². The SMILES string of the molecule is CC(C)(C(=O)O)[C@H](N)c1ncc[nH]1. The summed E-state index contributed by atoms with van der Waals surface area (Å²) in [5.41, 5.74) is 4.73. The molecule has 1 atom stereocenters. The van der Waals surface area contributed by atoms with Crippen molar-refractivity contribution in [2.75, 3.05) is 0 Å². The Kier molecular flexibility index (Phi) is 2.38. The first kappa shape index (κ1) is 9.73. The van der Waals surface area contributed by atoms with Crippen LogP contribution < -0.4 is 5.73 Å². The Bertz CT molecular complexity index is 292. The number of imidazole rings is 1. The Morgan fingerprint density at radius 2 is 2.38 bits per heavy atom. The zero-order chi connectivity index (χ0) is 10.1. The van der Waals surface area contributed by atoms with Crippen molar-refractivity contribution in [2.45, 2.75) is 19.9 Å². The molecule has 0 bridgehead atoms. The molecule has 1 heterocycles. The van der Waals surface area contributed by atoms with Crippen molar-refractivity contribution in [3.05, 3.63) is 18.2 Å². The molecule has 0 radical (unpaired) electrons. The molecule has 1 aromatic rings. The average molecular weight is 183 g/mol. The Morgan fingerprint density at radius 3 is 2.77 bits per heavy atom. The summed E-state index contributed by atoms with van der Waals surface area (Å²) in [5, 5.41) is 8.89. The van der Waals surface area contributed by atoms with Crippen LogP contribution in [0.2, 0.25) is 0 Å². The zero-order valence-corrected chi connectivity index (χ0v) is 7.61. The van der Waals surface area contributed by atoms with Crippen LogP contribution >= 0.6 is 0 Å². The van der Waals surface area contributed by atoms with Gasteiger partial charge in [0, 0.05) is 12.4 Å². The lowest BCUT2D eigenvalue weighted by molar-refractivity contribution is -0.148. The Morgan fingerprint density at radius 1 is 1.77 bits per heavy atom. The summed E-state index contributed by atoms with van der Waals surface area (Å²) >= 11 is 0. The topological polar surface area (TPSA) is 92.0 Å². The fourth-order valence-electron chi connectivity index (χ4n) is 0.922. The molecule has 0 unspecified atom stereocenters. The molecule has 1 aromatic heterocycles. The van der Waals surface area contributed by atoms with E-state index in [2.05, 4.69) is 9.97 Å². The molecule has 0 amide bonds. The number of nitrogens with two attached hydrogens (primary N) is 1. The normalized spacial score (nSPS) is 14.1. The third kappa shape index (κ3) is 1.70. The smallest absolute Gasteiger partial charge is 0.311 e. The van der Waals surface area contributed by atoms with Crippen molar-refractivity contribution >= 4 is 5.97 Å². The molecule has 0 saturated heterocycles. The van der Waals surface area contributed by atoms with Crippen LogP contribution in [0.4, 0.5) is 0 Å². The first-order valence-electron chi connectivity index (χ1n) is 3.94. The number of H-pyrrole nitrogens is 1. The van der Waals surface area contributed by atoms with Crippen molar-refractivity contribution in [1.29, 1.82) is 0 Å². The van der Waals surface area contributed by atoms with Gasteiger partial charge in [-0.15, -0.1) is 0 Å². The van der Waals surface area contributed by atoms with E-state index in [9.17, 15) is 4.79 Å². The summed E-state index contributed by atoms with van der Waals surface area (Å²) in [5.74, 6) is -0.441. The summed E-state index contributed by atoms with van der Waals surface area (Å²) in [6, 6.07) is -0.625. The van der Waals surface area contributed by atoms with Crippen LogP contribution in [0.15, 0.2) is 12.4 Å². The van der Waals surface area contributed by atoms with E-state index in [0.29, 0.717) is 5.82 Å². The maximum absolute atomic E-state index is 10.8. The van der Waals surface area contributed by atoms with Crippen molar-refractivity contribution in [3.8, 4) is 0 Å². The number of carboxylic acid groups (broad SMARTS) is 1. The summed E-state index contributed by atoms with van der Waals surface area (Å²) in [4.78, 5) is 17.6. The minimum absolute atomic E-state index is 0.493. The third-order valence-electron chi connectivity index (χ3n) is 2.14. The predicted molar refractivity (Wildman–Crippen MR) is 46.9 cm³/mol. The molecule has 72 valence electrons. The third-order valence-corrected chi connectivity index (χ3v) is 2.14. The van der Waals surface area contributed by atoms with E-state index in [-0.39, 0.29) is 0 Å². The van der Waals surface area contributed by atoms with Gasteiger partial charge in [0.15, 0.2) is 0 Å². The van der Waals surface area contributed by atoms with Crippen molar-refractivity contribution in [3.63, 3.8) is 0 Å². The van der Waals surface area contributed by atoms with E-state index in [0.717, 1.165) is 0 Å². The van der Waals surface area contributed by atoms with Crippen molar-refractivity contribution in [2.24, 2.45) is 11.1 Å². The van der Waals surface area contributed by atoms with Gasteiger partial charge < -0.3 is 15.8 Å². The van der Waals surface area contributed by atoms with E-state index in [1.807, 2.05) is 0 Å². The highest BCUT2D eigenvalue weighted by Crippen LogP contribution is 2.29. The summed E-state index contributed by atoms with van der Waals surface area (Å²) in [6.07, 6.45) is 3.17. The maximum atomic E-state index is 10.8. The number of hydrogen-bond acceptors (Lipinski definition) is 3. The highest BCUT2D eigenvalue weighted by atomic mass is 16.4. The van der Waals surface area contributed by atoms with Crippen LogP contribution in [0, 0.1) is 5.41 Å². The first-order chi connectivity index (χ1) is 5.96. The number of aliphatic carboxylic acids is 1. The Balaban J connectivity index is 2.90. The highest BCUT2D eigenvalue weighted by molar-refractivity contribution is 5.74. The number of carboxylic acids is 1. The largest absolute Gasteiger partial charge is 0.481 e. The quantitative estimate of drug-likeness (QED) is 0.637. The Labute approximate surface area is 76.0 Å². The lowest BCUT2D eigenvalue weighted by Gasteiger charge is -2.24. The monoisotopic (exact) mass is 183 g/mol. The minimum Gasteiger partial charge on any atom is -0.481 e. The highest BCUT2D eigenvalue weighted by Gasteiger charge is 2.36. The number of hydrogen-bond donors (Lipinski definition) is 3. The maximum Gasteiger partial charge on any atom is 0.311 e. The molecule has 5 heteroatoms. The molecule has 0 aliphatic rings. The summed E-state index contributed by atoms with van der Waals surface area (Å²) < 4.78 is 0. The van der Waals surface area contributed by atoms with Gasteiger partial charge in [0.2, 0.25) is 0 Å². The van der Waals surface area contributed by atoms with E-state index < -0.39 is 17.4 Å². The summed E-state index contributed by atoms with van der Waals surface area (Å²) in [6.45, 7) is 3.14. The molecule has 0 saturated carbocycles. The van der Waals surface area contributed by atoms with Crippen LogP contribution in [-0.4, -0.2) is 21.0 Å². The number of aromatic amines is 1. The van der Waals surface area contributed by atoms with Gasteiger partial charge in [-0.3, -0.25) is 4.79 Å². The molecule has 0 aromatic carbocycles. The number of aromatic nitrogens is 2. The van der Waals surface area contributed by atoms with E-state index in [4.69, 9.17) is 10.8 Å². The van der Waals surface area contributed by atoms with E-state index >= 15 is 0 Å². The lowest BCUT2D eigenvalue weighted by atomic mass is 9.85. The first-order valence-corrected chi connectivity index (χ1v) is 3.94.